The molecule has 1 saturated heterocycles. The van der Waals surface area contributed by atoms with Crippen molar-refractivity contribution in [3.8, 4) is 11.3 Å². The van der Waals surface area contributed by atoms with Gasteiger partial charge in [0.05, 0.1) is 6.33 Å². The molecule has 1 atom stereocenters. The van der Waals surface area contributed by atoms with E-state index in [9.17, 15) is 18.0 Å². The van der Waals surface area contributed by atoms with Gasteiger partial charge in [0.2, 0.25) is 5.91 Å². The van der Waals surface area contributed by atoms with Crippen molar-refractivity contribution in [3.05, 3.63) is 66.9 Å². The first-order valence-electron chi connectivity index (χ1n) is 13.1. The molecule has 42 heavy (non-hydrogen) atoms. The molecule has 1 aromatic carbocycles. The van der Waals surface area contributed by atoms with E-state index < -0.39 is 24.5 Å². The maximum atomic E-state index is 12.8. The molecule has 2 N–H and O–H groups in total. The van der Waals surface area contributed by atoms with Gasteiger partial charge in [0, 0.05) is 29.7 Å². The van der Waals surface area contributed by atoms with E-state index in [1.807, 2.05) is 17.6 Å². The second-order valence-corrected chi connectivity index (χ2v) is 9.73. The number of hydrogen-bond acceptors (Lipinski definition) is 9. The number of benzene rings is 1. The van der Waals surface area contributed by atoms with Crippen LogP contribution in [0.2, 0.25) is 0 Å². The van der Waals surface area contributed by atoms with Gasteiger partial charge in [-0.1, -0.05) is 6.07 Å². The summed E-state index contributed by atoms with van der Waals surface area (Å²) < 4.78 is 47.0. The molecule has 0 radical (unpaired) electrons. The third-order valence-corrected chi connectivity index (χ3v) is 6.76. The number of imidazole rings is 1. The second-order valence-electron chi connectivity index (χ2n) is 9.73. The van der Waals surface area contributed by atoms with E-state index >= 15 is 0 Å². The van der Waals surface area contributed by atoms with E-state index in [0.717, 1.165) is 35.8 Å². The highest BCUT2D eigenvalue weighted by Crippen LogP contribution is 2.34. The van der Waals surface area contributed by atoms with Gasteiger partial charge in [-0.3, -0.25) is 9.36 Å². The lowest BCUT2D eigenvalue weighted by Gasteiger charge is -2.23. The van der Waals surface area contributed by atoms with E-state index in [0.29, 0.717) is 46.2 Å². The highest BCUT2D eigenvalue weighted by Gasteiger charge is 2.35. The number of amides is 1. The molecule has 5 heterocycles. The van der Waals surface area contributed by atoms with Gasteiger partial charge in [-0.15, -0.1) is 5.10 Å². The molecular formula is C27H25F3N10O2. The van der Waals surface area contributed by atoms with Crippen LogP contribution in [-0.2, 0) is 22.3 Å². The third-order valence-electron chi connectivity index (χ3n) is 6.76. The lowest BCUT2D eigenvalue weighted by Crippen LogP contribution is -2.20. The average Bonchev–Trinajstić information content (AvgIpc) is 3.63. The summed E-state index contributed by atoms with van der Waals surface area (Å²) in [6.45, 7) is 2.14. The van der Waals surface area contributed by atoms with E-state index in [1.165, 1.54) is 6.33 Å². The summed E-state index contributed by atoms with van der Waals surface area (Å²) in [5.41, 5.74) is 4.51. The molecule has 15 heteroatoms. The van der Waals surface area contributed by atoms with Crippen molar-refractivity contribution in [2.24, 2.45) is 0 Å². The van der Waals surface area contributed by atoms with Gasteiger partial charge >= 0.3 is 6.18 Å². The van der Waals surface area contributed by atoms with Gasteiger partial charge in [-0.2, -0.15) is 13.2 Å². The van der Waals surface area contributed by atoms with Crippen molar-refractivity contribution in [1.82, 2.24) is 39.3 Å². The Bertz CT molecular complexity index is 1740. The van der Waals surface area contributed by atoms with Crippen LogP contribution in [0.4, 0.5) is 30.4 Å². The molecule has 1 aliphatic rings. The number of ether oxygens (including phenoxy) is 1. The predicted octanol–water partition coefficient (Wildman–Crippen LogP) is 4.89. The molecule has 1 fully saturated rings. The Kier molecular flexibility index (Phi) is 7.24. The largest absolute Gasteiger partial charge is 0.453 e. The molecule has 1 unspecified atom stereocenters. The first kappa shape index (κ1) is 27.3. The highest BCUT2D eigenvalue weighted by molar-refractivity contribution is 5.93. The Hall–Kier alpha value is -4.92. The Morgan fingerprint density at radius 3 is 2.76 bits per heavy atom. The van der Waals surface area contributed by atoms with E-state index in [-0.39, 0.29) is 6.23 Å². The summed E-state index contributed by atoms with van der Waals surface area (Å²) in [5.74, 6) is -1.36. The van der Waals surface area contributed by atoms with Gasteiger partial charge < -0.3 is 15.4 Å². The summed E-state index contributed by atoms with van der Waals surface area (Å²) in [6.07, 6.45) is 3.88. The number of halogens is 3. The number of aryl methyl sites for hydroxylation is 1. The van der Waals surface area contributed by atoms with Crippen molar-refractivity contribution >= 4 is 34.3 Å². The standard InChI is InChI=1S/C27H25F3N10O2/c1-16-7-8-17(36-20(41)12-39-14-35-26(38-39)27(28,29)30)11-19(16)37-24-18(5-4-9-31-24)22-23-25(33-13-32-22)40(15-34-23)21-6-2-3-10-42-21/h4-5,7-9,11,13-15,21H,2-3,6,10,12H2,1H3,(H,31,37)(H,36,41). The molecule has 0 bridgehead atoms. The number of aromatic nitrogens is 8. The summed E-state index contributed by atoms with van der Waals surface area (Å²) in [7, 11) is 0. The van der Waals surface area contributed by atoms with Crippen molar-refractivity contribution in [3.63, 3.8) is 0 Å². The Balaban J connectivity index is 1.24. The quantitative estimate of drug-likeness (QED) is 0.277. The Labute approximate surface area is 237 Å². The van der Waals surface area contributed by atoms with Crippen molar-refractivity contribution in [2.75, 3.05) is 17.2 Å². The van der Waals surface area contributed by atoms with Crippen LogP contribution < -0.4 is 10.6 Å². The molecule has 1 amide bonds. The molecule has 1 aliphatic heterocycles. The van der Waals surface area contributed by atoms with Crippen molar-refractivity contribution in [2.45, 2.75) is 45.1 Å². The lowest BCUT2D eigenvalue weighted by atomic mass is 10.1. The average molecular weight is 579 g/mol. The summed E-state index contributed by atoms with van der Waals surface area (Å²) in [5, 5.41) is 9.32. The van der Waals surface area contributed by atoms with Gasteiger partial charge in [0.25, 0.3) is 5.82 Å². The Morgan fingerprint density at radius 1 is 1.10 bits per heavy atom. The maximum Gasteiger partial charge on any atom is 0.453 e. The molecule has 0 saturated carbocycles. The molecular weight excluding hydrogens is 553 g/mol. The summed E-state index contributed by atoms with van der Waals surface area (Å²) >= 11 is 0. The number of nitrogens with zero attached hydrogens (tertiary/aromatic N) is 8. The van der Waals surface area contributed by atoms with E-state index in [4.69, 9.17) is 4.74 Å². The van der Waals surface area contributed by atoms with Crippen LogP contribution in [0.25, 0.3) is 22.4 Å². The van der Waals surface area contributed by atoms with Crippen molar-refractivity contribution in [1.29, 1.82) is 0 Å². The van der Waals surface area contributed by atoms with Crippen LogP contribution in [0.1, 0.15) is 36.9 Å². The minimum absolute atomic E-state index is 0.130. The minimum atomic E-state index is -4.69. The van der Waals surface area contributed by atoms with E-state index in [1.54, 1.807) is 36.8 Å². The SMILES string of the molecule is Cc1ccc(NC(=O)Cn2cnc(C(F)(F)F)n2)cc1Nc1ncccc1-c1ncnc2c1ncn2C1CCCCO1. The summed E-state index contributed by atoms with van der Waals surface area (Å²) in [6, 6.07) is 8.87. The molecule has 0 aliphatic carbocycles. The topological polar surface area (TPSA) is 138 Å². The van der Waals surface area contributed by atoms with Crippen molar-refractivity contribution < 1.29 is 22.7 Å². The number of nitrogens with one attached hydrogen (secondary N) is 2. The molecule has 216 valence electrons. The molecule has 4 aromatic heterocycles. The number of carbonyl (C=O) groups is 1. The first-order chi connectivity index (χ1) is 20.3. The lowest BCUT2D eigenvalue weighted by molar-refractivity contribution is -0.145. The van der Waals surface area contributed by atoms with Crippen LogP contribution in [0.3, 0.4) is 0 Å². The number of rotatable bonds is 7. The smallest absolute Gasteiger partial charge is 0.358 e. The van der Waals surface area contributed by atoms with Crippen LogP contribution in [0, 0.1) is 6.92 Å². The number of hydrogen-bond donors (Lipinski definition) is 2. The number of fused-ring (bicyclic) bond motifs is 1. The number of anilines is 3. The van der Waals surface area contributed by atoms with Gasteiger partial charge in [-0.05, 0) is 56.0 Å². The molecule has 12 nitrogen and oxygen atoms in total. The number of pyridine rings is 1. The zero-order valence-corrected chi connectivity index (χ0v) is 22.3. The fourth-order valence-corrected chi connectivity index (χ4v) is 4.71. The monoisotopic (exact) mass is 578 g/mol. The molecule has 5 aromatic rings. The number of alkyl halides is 3. The zero-order chi connectivity index (χ0) is 29.3. The third kappa shape index (κ3) is 5.63. The minimum Gasteiger partial charge on any atom is -0.358 e. The van der Waals surface area contributed by atoms with E-state index in [2.05, 4.69) is 40.7 Å². The fraction of sp³-hybridized carbons (Fsp3) is 0.296. The number of carbonyl (C=O) groups excluding carboxylic acids is 1. The molecule has 0 spiro atoms. The predicted molar refractivity (Wildman–Crippen MR) is 146 cm³/mol. The summed E-state index contributed by atoms with van der Waals surface area (Å²) in [4.78, 5) is 33.9. The highest BCUT2D eigenvalue weighted by atomic mass is 19.4. The van der Waals surface area contributed by atoms with Gasteiger partial charge in [0.1, 0.15) is 42.5 Å². The van der Waals surface area contributed by atoms with Crippen LogP contribution in [0.15, 0.2) is 55.5 Å². The van der Waals surface area contributed by atoms with Gasteiger partial charge in [-0.25, -0.2) is 29.6 Å². The maximum absolute atomic E-state index is 12.8. The normalized spacial score (nSPS) is 15.6. The van der Waals surface area contributed by atoms with Crippen LogP contribution in [-0.4, -0.2) is 51.8 Å². The zero-order valence-electron chi connectivity index (χ0n) is 22.3. The first-order valence-corrected chi connectivity index (χ1v) is 13.1. The van der Waals surface area contributed by atoms with Gasteiger partial charge in [0.15, 0.2) is 5.65 Å². The van der Waals surface area contributed by atoms with Crippen LogP contribution >= 0.6 is 0 Å². The van der Waals surface area contributed by atoms with Crippen LogP contribution in [0.5, 0.6) is 0 Å². The molecule has 6 rings (SSSR count). The second kappa shape index (κ2) is 11.2. The Morgan fingerprint density at radius 2 is 1.98 bits per heavy atom. The fourth-order valence-electron chi connectivity index (χ4n) is 4.71.